The molecule has 0 radical (unpaired) electrons. The third-order valence-corrected chi connectivity index (χ3v) is 5.84. The van der Waals surface area contributed by atoms with Gasteiger partial charge in [0.1, 0.15) is 0 Å². The molecule has 7 heteroatoms. The summed E-state index contributed by atoms with van der Waals surface area (Å²) in [5, 5.41) is 1.55. The molecule has 5 nitrogen and oxygen atoms in total. The molecular formula is C11H16N2O3S2. The second kappa shape index (κ2) is 4.99. The van der Waals surface area contributed by atoms with E-state index in [4.69, 9.17) is 0 Å². The zero-order chi connectivity index (χ0) is 13.3. The average Bonchev–Trinajstić information content (AvgIpc) is 2.99. The molecule has 18 heavy (non-hydrogen) atoms. The van der Waals surface area contributed by atoms with Gasteiger partial charge in [0, 0.05) is 32.6 Å². The molecule has 1 aromatic heterocycles. The molecule has 0 saturated carbocycles. The third kappa shape index (κ3) is 2.43. The Labute approximate surface area is 111 Å². The van der Waals surface area contributed by atoms with Gasteiger partial charge in [-0.15, -0.1) is 11.3 Å². The van der Waals surface area contributed by atoms with E-state index in [-0.39, 0.29) is 10.8 Å². The van der Waals surface area contributed by atoms with E-state index in [1.807, 2.05) is 0 Å². The molecule has 0 atom stereocenters. The summed E-state index contributed by atoms with van der Waals surface area (Å²) in [4.78, 5) is 13.9. The molecule has 1 aliphatic rings. The van der Waals surface area contributed by atoms with Gasteiger partial charge in [-0.2, -0.15) is 4.31 Å². The van der Waals surface area contributed by atoms with Crippen LogP contribution in [0.2, 0.25) is 0 Å². The molecule has 1 amide bonds. The van der Waals surface area contributed by atoms with Gasteiger partial charge in [-0.3, -0.25) is 4.79 Å². The Morgan fingerprint density at radius 1 is 1.33 bits per heavy atom. The monoisotopic (exact) mass is 288 g/mol. The van der Waals surface area contributed by atoms with Crippen molar-refractivity contribution in [1.82, 2.24) is 9.21 Å². The lowest BCUT2D eigenvalue weighted by atomic mass is 10.4. The van der Waals surface area contributed by atoms with E-state index in [2.05, 4.69) is 0 Å². The second-order valence-electron chi connectivity index (χ2n) is 4.46. The van der Waals surface area contributed by atoms with Crippen LogP contribution in [0.5, 0.6) is 0 Å². The van der Waals surface area contributed by atoms with Crippen molar-refractivity contribution in [3.63, 3.8) is 0 Å². The van der Waals surface area contributed by atoms with Crippen LogP contribution >= 0.6 is 11.3 Å². The SMILES string of the molecule is CN(C)C(=O)c1cc(S(=O)(=O)N2CCCC2)cs1. The van der Waals surface area contributed by atoms with Crippen LogP contribution in [-0.4, -0.2) is 50.7 Å². The van der Waals surface area contributed by atoms with Crippen LogP contribution < -0.4 is 0 Å². The van der Waals surface area contributed by atoms with Crippen molar-refractivity contribution in [2.75, 3.05) is 27.2 Å². The largest absolute Gasteiger partial charge is 0.344 e. The van der Waals surface area contributed by atoms with Crippen molar-refractivity contribution in [1.29, 1.82) is 0 Å². The van der Waals surface area contributed by atoms with Gasteiger partial charge in [0.2, 0.25) is 10.0 Å². The summed E-state index contributed by atoms with van der Waals surface area (Å²) in [5.41, 5.74) is 0. The molecule has 1 aromatic rings. The smallest absolute Gasteiger partial charge is 0.263 e. The minimum absolute atomic E-state index is 0.164. The fraction of sp³-hybridized carbons (Fsp3) is 0.545. The minimum Gasteiger partial charge on any atom is -0.344 e. The van der Waals surface area contributed by atoms with Gasteiger partial charge in [-0.1, -0.05) is 0 Å². The highest BCUT2D eigenvalue weighted by molar-refractivity contribution is 7.89. The van der Waals surface area contributed by atoms with Crippen LogP contribution in [-0.2, 0) is 10.0 Å². The summed E-state index contributed by atoms with van der Waals surface area (Å²) >= 11 is 1.17. The normalized spacial score (nSPS) is 17.0. The second-order valence-corrected chi connectivity index (χ2v) is 7.31. The first-order valence-corrected chi connectivity index (χ1v) is 8.05. The van der Waals surface area contributed by atoms with Gasteiger partial charge in [0.05, 0.1) is 9.77 Å². The Bertz CT molecular complexity index is 542. The van der Waals surface area contributed by atoms with Gasteiger partial charge in [-0.25, -0.2) is 8.42 Å². The first kappa shape index (κ1) is 13.5. The lowest BCUT2D eigenvalue weighted by molar-refractivity contribution is 0.0832. The average molecular weight is 288 g/mol. The van der Waals surface area contributed by atoms with Gasteiger partial charge in [-0.05, 0) is 18.9 Å². The highest BCUT2D eigenvalue weighted by atomic mass is 32.2. The number of carbonyl (C=O) groups excluding carboxylic acids is 1. The summed E-state index contributed by atoms with van der Waals surface area (Å²) in [6.45, 7) is 1.16. The number of amides is 1. The maximum atomic E-state index is 12.2. The Morgan fingerprint density at radius 2 is 1.94 bits per heavy atom. The molecule has 1 saturated heterocycles. The predicted octanol–water partition coefficient (Wildman–Crippen LogP) is 1.23. The molecule has 0 spiro atoms. The van der Waals surface area contributed by atoms with Crippen molar-refractivity contribution in [3.8, 4) is 0 Å². The molecule has 0 aromatic carbocycles. The van der Waals surface area contributed by atoms with Crippen molar-refractivity contribution >= 4 is 27.3 Å². The fourth-order valence-corrected chi connectivity index (χ4v) is 4.66. The number of rotatable bonds is 3. The van der Waals surface area contributed by atoms with E-state index < -0.39 is 10.0 Å². The standard InChI is InChI=1S/C11H16N2O3S2/c1-12(2)11(14)10-7-9(8-17-10)18(15,16)13-5-3-4-6-13/h7-8H,3-6H2,1-2H3. The number of hydrogen-bond donors (Lipinski definition) is 0. The maximum Gasteiger partial charge on any atom is 0.263 e. The molecule has 2 rings (SSSR count). The quantitative estimate of drug-likeness (QED) is 0.840. The molecule has 0 bridgehead atoms. The molecule has 0 N–H and O–H groups in total. The van der Waals surface area contributed by atoms with Gasteiger partial charge in [0.15, 0.2) is 0 Å². The fourth-order valence-electron chi connectivity index (χ4n) is 1.86. The molecule has 2 heterocycles. The number of hydrogen-bond acceptors (Lipinski definition) is 4. The van der Waals surface area contributed by atoms with E-state index in [1.165, 1.54) is 26.6 Å². The van der Waals surface area contributed by atoms with E-state index in [0.29, 0.717) is 18.0 Å². The first-order valence-electron chi connectivity index (χ1n) is 5.73. The van der Waals surface area contributed by atoms with E-state index in [1.54, 1.807) is 19.5 Å². The number of carbonyl (C=O) groups is 1. The van der Waals surface area contributed by atoms with Crippen molar-refractivity contribution < 1.29 is 13.2 Å². The van der Waals surface area contributed by atoms with E-state index >= 15 is 0 Å². The Kier molecular flexibility index (Phi) is 3.74. The van der Waals surface area contributed by atoms with E-state index in [0.717, 1.165) is 12.8 Å². The Morgan fingerprint density at radius 3 is 2.50 bits per heavy atom. The van der Waals surface area contributed by atoms with Crippen LogP contribution in [0, 0.1) is 0 Å². The summed E-state index contributed by atoms with van der Waals surface area (Å²) < 4.78 is 26.0. The van der Waals surface area contributed by atoms with Gasteiger partial charge >= 0.3 is 0 Å². The van der Waals surface area contributed by atoms with E-state index in [9.17, 15) is 13.2 Å². The third-order valence-electron chi connectivity index (χ3n) is 2.90. The van der Waals surface area contributed by atoms with Gasteiger partial charge in [0.25, 0.3) is 5.91 Å². The highest BCUT2D eigenvalue weighted by Crippen LogP contribution is 2.25. The Balaban J connectivity index is 2.27. The van der Waals surface area contributed by atoms with Crippen molar-refractivity contribution in [2.45, 2.75) is 17.7 Å². The van der Waals surface area contributed by atoms with Crippen LogP contribution in [0.25, 0.3) is 0 Å². The van der Waals surface area contributed by atoms with Crippen LogP contribution in [0.3, 0.4) is 0 Å². The minimum atomic E-state index is -3.40. The zero-order valence-corrected chi connectivity index (χ0v) is 12.1. The number of thiophene rings is 1. The summed E-state index contributed by atoms with van der Waals surface area (Å²) in [7, 11) is -0.105. The van der Waals surface area contributed by atoms with Crippen molar-refractivity contribution in [2.24, 2.45) is 0 Å². The molecule has 1 aliphatic heterocycles. The van der Waals surface area contributed by atoms with Crippen LogP contribution in [0.15, 0.2) is 16.3 Å². The molecule has 100 valence electrons. The summed E-state index contributed by atoms with van der Waals surface area (Å²) in [5.74, 6) is -0.164. The molecule has 1 fully saturated rings. The lowest BCUT2D eigenvalue weighted by Crippen LogP contribution is -2.27. The van der Waals surface area contributed by atoms with Crippen LogP contribution in [0.4, 0.5) is 0 Å². The zero-order valence-electron chi connectivity index (χ0n) is 10.4. The number of nitrogens with zero attached hydrogens (tertiary/aromatic N) is 2. The topological polar surface area (TPSA) is 57.7 Å². The van der Waals surface area contributed by atoms with Crippen LogP contribution in [0.1, 0.15) is 22.5 Å². The number of sulfonamides is 1. The summed E-state index contributed by atoms with van der Waals surface area (Å²) in [6.07, 6.45) is 1.82. The van der Waals surface area contributed by atoms with Crippen molar-refractivity contribution in [3.05, 3.63) is 16.3 Å². The van der Waals surface area contributed by atoms with Gasteiger partial charge < -0.3 is 4.90 Å². The first-order chi connectivity index (χ1) is 8.43. The molecule has 0 aliphatic carbocycles. The predicted molar refractivity (Wildman–Crippen MR) is 70.3 cm³/mol. The summed E-state index contributed by atoms with van der Waals surface area (Å²) in [6, 6.07) is 1.47. The molecular weight excluding hydrogens is 272 g/mol. The Hall–Kier alpha value is -0.920. The lowest BCUT2D eigenvalue weighted by Gasteiger charge is -2.13. The highest BCUT2D eigenvalue weighted by Gasteiger charge is 2.28. The molecule has 0 unspecified atom stereocenters. The maximum absolute atomic E-state index is 12.2.